The predicted molar refractivity (Wildman–Crippen MR) is 127 cm³/mol. The van der Waals surface area contributed by atoms with Crippen LogP contribution >= 0.6 is 35.3 Å². The molecule has 1 unspecified atom stereocenters. The summed E-state index contributed by atoms with van der Waals surface area (Å²) in [6.45, 7) is 7.03. The van der Waals surface area contributed by atoms with Crippen LogP contribution < -0.4 is 10.6 Å². The number of nitrogens with one attached hydrogen (secondary N) is 2. The minimum atomic E-state index is -0.0289. The minimum Gasteiger partial charge on any atom is -0.354 e. The number of carbonyl (C=O) groups is 1. The van der Waals surface area contributed by atoms with Crippen LogP contribution in [0.5, 0.6) is 0 Å². The first-order valence-electron chi connectivity index (χ1n) is 9.04. The predicted octanol–water partition coefficient (Wildman–Crippen LogP) is 2.47. The molecule has 0 radical (unpaired) electrons. The number of halogens is 1. The number of hydrogen-bond acceptors (Lipinski definition) is 4. The zero-order valence-corrected chi connectivity index (χ0v) is 20.6. The van der Waals surface area contributed by atoms with E-state index >= 15 is 0 Å². The Morgan fingerprint density at radius 3 is 2.64 bits per heavy atom. The number of aryl methyl sites for hydroxylation is 2. The Balaban J connectivity index is 0.00000392. The number of aromatic nitrogens is 2. The second kappa shape index (κ2) is 11.4. The molecule has 0 fully saturated rings. The summed E-state index contributed by atoms with van der Waals surface area (Å²) in [5.74, 6) is 0.615. The first-order valence-corrected chi connectivity index (χ1v) is 9.92. The fraction of sp³-hybridized carbons (Fsp3) is 0.526. The van der Waals surface area contributed by atoms with E-state index in [1.165, 1.54) is 16.1 Å². The van der Waals surface area contributed by atoms with Crippen molar-refractivity contribution in [3.8, 4) is 0 Å². The second-order valence-electron chi connectivity index (χ2n) is 6.91. The van der Waals surface area contributed by atoms with Crippen molar-refractivity contribution in [1.82, 2.24) is 25.3 Å². The molecule has 2 rings (SSSR count). The summed E-state index contributed by atoms with van der Waals surface area (Å²) >= 11 is 1.69. The second-order valence-corrected chi connectivity index (χ2v) is 7.94. The third-order valence-electron chi connectivity index (χ3n) is 4.43. The Morgan fingerprint density at radius 2 is 2.11 bits per heavy atom. The molecule has 9 heteroatoms. The van der Waals surface area contributed by atoms with E-state index in [9.17, 15) is 4.79 Å². The van der Waals surface area contributed by atoms with Gasteiger partial charge in [0.1, 0.15) is 6.54 Å². The average molecular weight is 518 g/mol. The molecule has 1 atom stereocenters. The van der Waals surface area contributed by atoms with Crippen LogP contribution in [0.3, 0.4) is 0 Å². The summed E-state index contributed by atoms with van der Waals surface area (Å²) in [4.78, 5) is 19.1. The van der Waals surface area contributed by atoms with Gasteiger partial charge in [0.2, 0.25) is 5.91 Å². The van der Waals surface area contributed by atoms with Crippen LogP contribution in [0.1, 0.15) is 28.8 Å². The average Bonchev–Trinajstić information content (AvgIpc) is 3.21. The highest BCUT2D eigenvalue weighted by Crippen LogP contribution is 2.14. The Bertz CT molecular complexity index is 785. The van der Waals surface area contributed by atoms with E-state index in [1.807, 2.05) is 30.1 Å². The van der Waals surface area contributed by atoms with Gasteiger partial charge in [-0.15, -0.1) is 35.3 Å². The van der Waals surface area contributed by atoms with Crippen LogP contribution in [-0.4, -0.2) is 53.2 Å². The molecule has 0 saturated carbocycles. The van der Waals surface area contributed by atoms with Gasteiger partial charge in [0.15, 0.2) is 5.96 Å². The SMILES string of the molecule is Cc1nn(C)c(C)c1CC(C)NC(=NCC(=O)N(C)C)NCc1cccs1.I. The van der Waals surface area contributed by atoms with E-state index in [1.54, 1.807) is 30.3 Å². The van der Waals surface area contributed by atoms with Gasteiger partial charge in [-0.25, -0.2) is 4.99 Å². The molecular weight excluding hydrogens is 487 g/mol. The smallest absolute Gasteiger partial charge is 0.243 e. The summed E-state index contributed by atoms with van der Waals surface area (Å²) in [5.41, 5.74) is 3.48. The topological polar surface area (TPSA) is 74.5 Å². The van der Waals surface area contributed by atoms with Gasteiger partial charge >= 0.3 is 0 Å². The maximum absolute atomic E-state index is 11.9. The molecule has 0 aliphatic rings. The number of aliphatic imine (C=N–C) groups is 1. The van der Waals surface area contributed by atoms with Gasteiger partial charge in [-0.05, 0) is 44.2 Å². The highest BCUT2D eigenvalue weighted by molar-refractivity contribution is 14.0. The fourth-order valence-electron chi connectivity index (χ4n) is 2.73. The van der Waals surface area contributed by atoms with Crippen molar-refractivity contribution < 1.29 is 4.79 Å². The number of nitrogens with zero attached hydrogens (tertiary/aromatic N) is 4. The van der Waals surface area contributed by atoms with E-state index in [0.717, 1.165) is 12.1 Å². The molecule has 7 nitrogen and oxygen atoms in total. The summed E-state index contributed by atoms with van der Waals surface area (Å²) < 4.78 is 1.91. The highest BCUT2D eigenvalue weighted by atomic mass is 127. The van der Waals surface area contributed by atoms with Gasteiger partial charge in [-0.1, -0.05) is 6.07 Å². The number of thiophene rings is 1. The molecule has 0 aliphatic heterocycles. The molecule has 2 N–H and O–H groups in total. The van der Waals surface area contributed by atoms with Crippen molar-refractivity contribution in [3.63, 3.8) is 0 Å². The van der Waals surface area contributed by atoms with Gasteiger partial charge in [-0.2, -0.15) is 5.10 Å². The normalized spacial score (nSPS) is 12.3. The van der Waals surface area contributed by atoms with Crippen LogP contribution in [0.15, 0.2) is 22.5 Å². The lowest BCUT2D eigenvalue weighted by atomic mass is 10.1. The van der Waals surface area contributed by atoms with Crippen LogP contribution in [0.25, 0.3) is 0 Å². The zero-order chi connectivity index (χ0) is 20.0. The standard InChI is InChI=1S/C19H30N6OS.HI/c1-13(10-17-14(2)23-25(6)15(17)3)22-19(21-12-18(26)24(4)5)20-11-16-8-7-9-27-16;/h7-9,13H,10-12H2,1-6H3,(H2,20,21,22);1H. The van der Waals surface area contributed by atoms with Gasteiger partial charge in [-0.3, -0.25) is 9.48 Å². The van der Waals surface area contributed by atoms with Crippen molar-refractivity contribution in [2.45, 2.75) is 39.8 Å². The summed E-state index contributed by atoms with van der Waals surface area (Å²) in [5, 5.41) is 13.3. The number of hydrogen-bond donors (Lipinski definition) is 2. The molecule has 0 aliphatic carbocycles. The quantitative estimate of drug-likeness (QED) is 0.336. The number of carbonyl (C=O) groups excluding carboxylic acids is 1. The lowest BCUT2D eigenvalue weighted by molar-refractivity contribution is -0.127. The maximum atomic E-state index is 11.9. The van der Waals surface area contributed by atoms with Crippen LogP contribution in [0.4, 0.5) is 0 Å². The molecule has 0 bridgehead atoms. The van der Waals surface area contributed by atoms with E-state index < -0.39 is 0 Å². The van der Waals surface area contributed by atoms with Crippen molar-refractivity contribution in [2.75, 3.05) is 20.6 Å². The number of guanidine groups is 1. The molecule has 1 amide bonds. The molecule has 0 saturated heterocycles. The molecule has 2 heterocycles. The van der Waals surface area contributed by atoms with Crippen LogP contribution in [-0.2, 0) is 24.8 Å². The highest BCUT2D eigenvalue weighted by Gasteiger charge is 2.14. The van der Waals surface area contributed by atoms with Crippen molar-refractivity contribution in [2.24, 2.45) is 12.0 Å². The maximum Gasteiger partial charge on any atom is 0.243 e. The molecule has 2 aromatic rings. The number of amides is 1. The Kier molecular flexibility index (Phi) is 9.94. The molecule has 2 aromatic heterocycles. The Labute approximate surface area is 188 Å². The lowest BCUT2D eigenvalue weighted by Gasteiger charge is -2.19. The lowest BCUT2D eigenvalue weighted by Crippen LogP contribution is -2.43. The monoisotopic (exact) mass is 518 g/mol. The molecular formula is C19H31IN6OS. The summed E-state index contributed by atoms with van der Waals surface area (Å²) in [6, 6.07) is 4.25. The number of likely N-dealkylation sites (N-methyl/N-ethyl adjacent to an activating group) is 1. The molecule has 28 heavy (non-hydrogen) atoms. The van der Waals surface area contributed by atoms with Crippen LogP contribution in [0.2, 0.25) is 0 Å². The molecule has 156 valence electrons. The Morgan fingerprint density at radius 1 is 1.39 bits per heavy atom. The van der Waals surface area contributed by atoms with Gasteiger partial charge in [0, 0.05) is 37.8 Å². The summed E-state index contributed by atoms with van der Waals surface area (Å²) in [6.07, 6.45) is 0.840. The van der Waals surface area contributed by atoms with E-state index in [-0.39, 0.29) is 42.5 Å². The van der Waals surface area contributed by atoms with E-state index in [4.69, 9.17) is 0 Å². The van der Waals surface area contributed by atoms with Crippen molar-refractivity contribution >= 4 is 47.2 Å². The van der Waals surface area contributed by atoms with Crippen molar-refractivity contribution in [1.29, 1.82) is 0 Å². The molecule has 0 aromatic carbocycles. The van der Waals surface area contributed by atoms with Crippen LogP contribution in [0, 0.1) is 13.8 Å². The first-order chi connectivity index (χ1) is 12.8. The molecule has 0 spiro atoms. The zero-order valence-electron chi connectivity index (χ0n) is 17.4. The Hall–Kier alpha value is -1.62. The third kappa shape index (κ3) is 7.08. The van der Waals surface area contributed by atoms with E-state index in [2.05, 4.69) is 40.6 Å². The van der Waals surface area contributed by atoms with E-state index in [0.29, 0.717) is 12.5 Å². The fourth-order valence-corrected chi connectivity index (χ4v) is 3.37. The largest absolute Gasteiger partial charge is 0.354 e. The minimum absolute atomic E-state index is 0. The van der Waals surface area contributed by atoms with Crippen molar-refractivity contribution in [3.05, 3.63) is 39.3 Å². The first kappa shape index (κ1) is 24.4. The van der Waals surface area contributed by atoms with Gasteiger partial charge in [0.05, 0.1) is 12.2 Å². The number of rotatable bonds is 7. The van der Waals surface area contributed by atoms with Gasteiger partial charge in [0.25, 0.3) is 0 Å². The summed E-state index contributed by atoms with van der Waals surface area (Å²) in [7, 11) is 5.44. The van der Waals surface area contributed by atoms with Gasteiger partial charge < -0.3 is 15.5 Å². The third-order valence-corrected chi connectivity index (χ3v) is 5.31.